The second kappa shape index (κ2) is 4.63. The molecule has 1 unspecified atom stereocenters. The molecule has 6 heteroatoms. The Morgan fingerprint density at radius 3 is 2.38 bits per heavy atom. The zero-order valence-corrected chi connectivity index (χ0v) is 9.93. The van der Waals surface area contributed by atoms with E-state index in [0.29, 0.717) is 6.07 Å². The van der Waals surface area contributed by atoms with Crippen LogP contribution in [-0.4, -0.2) is 16.8 Å². The summed E-state index contributed by atoms with van der Waals surface area (Å²) in [6, 6.07) is 1.84. The molecule has 0 radical (unpaired) electrons. The van der Waals surface area contributed by atoms with Crippen LogP contribution >= 0.6 is 15.9 Å². The number of aromatic hydroxyl groups is 1. The van der Waals surface area contributed by atoms with Gasteiger partial charge in [0.15, 0.2) is 0 Å². The number of rotatable bonds is 2. The Kier molecular flexibility index (Phi) is 3.85. The Bertz CT molecular complexity index is 390. The summed E-state index contributed by atoms with van der Waals surface area (Å²) >= 11 is 2.95. The van der Waals surface area contributed by atoms with Crippen molar-refractivity contribution in [3.63, 3.8) is 0 Å². The van der Waals surface area contributed by atoms with Crippen molar-refractivity contribution in [3.8, 4) is 5.75 Å². The summed E-state index contributed by atoms with van der Waals surface area (Å²) < 4.78 is 38.1. The van der Waals surface area contributed by atoms with Gasteiger partial charge in [0.05, 0.1) is 10.0 Å². The molecule has 2 N–H and O–H groups in total. The summed E-state index contributed by atoms with van der Waals surface area (Å²) in [5, 5.41) is 18.1. The van der Waals surface area contributed by atoms with Crippen molar-refractivity contribution in [1.82, 2.24) is 0 Å². The minimum absolute atomic E-state index is 0.0420. The first-order chi connectivity index (χ1) is 7.27. The van der Waals surface area contributed by atoms with E-state index < -0.39 is 23.4 Å². The largest absolute Gasteiger partial charge is 0.507 e. The van der Waals surface area contributed by atoms with Crippen LogP contribution in [-0.2, 0) is 6.18 Å². The molecule has 0 fully saturated rings. The van der Waals surface area contributed by atoms with Gasteiger partial charge in [-0.2, -0.15) is 13.2 Å². The van der Waals surface area contributed by atoms with Gasteiger partial charge < -0.3 is 10.2 Å². The van der Waals surface area contributed by atoms with Crippen molar-refractivity contribution in [2.45, 2.75) is 19.0 Å². The summed E-state index contributed by atoms with van der Waals surface area (Å²) in [4.78, 5) is 0. The highest BCUT2D eigenvalue weighted by molar-refractivity contribution is 9.10. The number of benzene rings is 1. The first-order valence-corrected chi connectivity index (χ1v) is 5.27. The lowest BCUT2D eigenvalue weighted by molar-refractivity contribution is -0.138. The third-order valence-electron chi connectivity index (χ3n) is 2.23. The average Bonchev–Trinajstić information content (AvgIpc) is 2.18. The Hall–Kier alpha value is -0.750. The van der Waals surface area contributed by atoms with Crippen LogP contribution in [0.5, 0.6) is 5.75 Å². The van der Waals surface area contributed by atoms with Crippen LogP contribution in [0.3, 0.4) is 0 Å². The van der Waals surface area contributed by atoms with Gasteiger partial charge in [-0.25, -0.2) is 0 Å². The molecule has 1 rings (SSSR count). The molecule has 0 aliphatic heterocycles. The van der Waals surface area contributed by atoms with Gasteiger partial charge in [-0.05, 0) is 33.6 Å². The van der Waals surface area contributed by atoms with Gasteiger partial charge in [-0.3, -0.25) is 0 Å². The van der Waals surface area contributed by atoms with Gasteiger partial charge in [-0.15, -0.1) is 0 Å². The normalized spacial score (nSPS) is 13.9. The van der Waals surface area contributed by atoms with Gasteiger partial charge in [0.25, 0.3) is 0 Å². The summed E-state index contributed by atoms with van der Waals surface area (Å²) in [7, 11) is 0. The molecule has 90 valence electrons. The molecule has 1 atom stereocenters. The Balaban J connectivity index is 3.39. The van der Waals surface area contributed by atoms with Gasteiger partial charge in [0.1, 0.15) is 5.75 Å². The average molecular weight is 299 g/mol. The molecule has 0 spiro atoms. The van der Waals surface area contributed by atoms with Crippen molar-refractivity contribution < 1.29 is 23.4 Å². The molecule has 0 aliphatic carbocycles. The van der Waals surface area contributed by atoms with Crippen LogP contribution in [0.15, 0.2) is 16.6 Å². The van der Waals surface area contributed by atoms with Crippen LogP contribution in [0.25, 0.3) is 0 Å². The Morgan fingerprint density at radius 2 is 1.94 bits per heavy atom. The maximum atomic E-state index is 12.6. The Morgan fingerprint density at radius 1 is 1.38 bits per heavy atom. The van der Waals surface area contributed by atoms with Gasteiger partial charge in [0, 0.05) is 12.5 Å². The van der Waals surface area contributed by atoms with Crippen molar-refractivity contribution in [1.29, 1.82) is 0 Å². The molecule has 0 aliphatic rings. The van der Waals surface area contributed by atoms with E-state index in [-0.39, 0.29) is 16.6 Å². The second-order valence-corrected chi connectivity index (χ2v) is 4.33. The summed E-state index contributed by atoms with van der Waals surface area (Å²) in [6.07, 6.45) is -4.54. The van der Waals surface area contributed by atoms with Crippen LogP contribution in [0, 0.1) is 0 Å². The fourth-order valence-corrected chi connectivity index (χ4v) is 1.69. The van der Waals surface area contributed by atoms with Crippen molar-refractivity contribution in [2.75, 3.05) is 6.61 Å². The lowest BCUT2D eigenvalue weighted by atomic mass is 9.96. The van der Waals surface area contributed by atoms with E-state index in [0.717, 1.165) is 0 Å². The van der Waals surface area contributed by atoms with E-state index in [1.54, 1.807) is 0 Å². The quantitative estimate of drug-likeness (QED) is 0.880. The number of hydrogen-bond donors (Lipinski definition) is 2. The topological polar surface area (TPSA) is 40.5 Å². The molecule has 2 nitrogen and oxygen atoms in total. The molecule has 0 bridgehead atoms. The van der Waals surface area contributed by atoms with Crippen LogP contribution in [0.2, 0.25) is 0 Å². The number of alkyl halides is 3. The molecule has 0 saturated heterocycles. The van der Waals surface area contributed by atoms with Gasteiger partial charge >= 0.3 is 6.18 Å². The zero-order valence-electron chi connectivity index (χ0n) is 8.35. The lowest BCUT2D eigenvalue weighted by Crippen LogP contribution is -2.12. The van der Waals surface area contributed by atoms with E-state index >= 15 is 0 Å². The Labute approximate surface area is 98.8 Å². The maximum Gasteiger partial charge on any atom is 0.416 e. The highest BCUT2D eigenvalue weighted by Gasteiger charge is 2.35. The van der Waals surface area contributed by atoms with Crippen molar-refractivity contribution in [2.24, 2.45) is 0 Å². The van der Waals surface area contributed by atoms with E-state index in [1.165, 1.54) is 13.0 Å². The van der Waals surface area contributed by atoms with E-state index in [4.69, 9.17) is 5.11 Å². The number of halogens is 4. The number of aliphatic hydroxyl groups is 1. The molecule has 1 aromatic rings. The summed E-state index contributed by atoms with van der Waals surface area (Å²) in [5.41, 5.74) is -0.963. The molecular weight excluding hydrogens is 289 g/mol. The van der Waals surface area contributed by atoms with E-state index in [1.807, 2.05) is 0 Å². The minimum Gasteiger partial charge on any atom is -0.507 e. The first-order valence-electron chi connectivity index (χ1n) is 4.47. The zero-order chi connectivity index (χ0) is 12.5. The van der Waals surface area contributed by atoms with E-state index in [2.05, 4.69) is 15.9 Å². The molecule has 0 saturated carbocycles. The fourth-order valence-electron chi connectivity index (χ4n) is 1.33. The van der Waals surface area contributed by atoms with Crippen LogP contribution in [0.1, 0.15) is 24.0 Å². The number of aliphatic hydroxyl groups excluding tert-OH is 1. The SMILES string of the molecule is CC(CO)c1cc(Br)c(O)cc1C(F)(F)F. The highest BCUT2D eigenvalue weighted by Crippen LogP contribution is 2.40. The van der Waals surface area contributed by atoms with Crippen LogP contribution in [0.4, 0.5) is 13.2 Å². The third-order valence-corrected chi connectivity index (χ3v) is 2.86. The number of hydrogen-bond acceptors (Lipinski definition) is 2. The smallest absolute Gasteiger partial charge is 0.416 e. The highest BCUT2D eigenvalue weighted by atomic mass is 79.9. The standard InChI is InChI=1S/C10H10BrF3O2/c1-5(4-15)6-2-8(11)9(16)3-7(6)10(12,13)14/h2-3,5,15-16H,4H2,1H3. The van der Waals surface area contributed by atoms with Gasteiger partial charge in [0.2, 0.25) is 0 Å². The molecule has 16 heavy (non-hydrogen) atoms. The monoisotopic (exact) mass is 298 g/mol. The molecule has 1 aromatic carbocycles. The number of phenolic OH excluding ortho intramolecular Hbond substituents is 1. The fraction of sp³-hybridized carbons (Fsp3) is 0.400. The van der Waals surface area contributed by atoms with Crippen LogP contribution < -0.4 is 0 Å². The minimum atomic E-state index is -4.54. The van der Waals surface area contributed by atoms with E-state index in [9.17, 15) is 18.3 Å². The van der Waals surface area contributed by atoms with Crippen molar-refractivity contribution >= 4 is 15.9 Å². The molecule has 0 amide bonds. The third kappa shape index (κ3) is 2.68. The lowest BCUT2D eigenvalue weighted by Gasteiger charge is -2.17. The number of phenols is 1. The summed E-state index contributed by atoms with van der Waals surface area (Å²) in [6.45, 7) is 1.09. The maximum absolute atomic E-state index is 12.6. The molecule has 0 heterocycles. The molecule has 0 aromatic heterocycles. The first kappa shape index (κ1) is 13.3. The molecular formula is C10H10BrF3O2. The van der Waals surface area contributed by atoms with Gasteiger partial charge in [-0.1, -0.05) is 6.92 Å². The summed E-state index contributed by atoms with van der Waals surface area (Å²) in [5.74, 6) is -1.12. The predicted molar refractivity (Wildman–Crippen MR) is 56.3 cm³/mol. The van der Waals surface area contributed by atoms with Crippen molar-refractivity contribution in [3.05, 3.63) is 27.7 Å². The second-order valence-electron chi connectivity index (χ2n) is 3.47. The predicted octanol–water partition coefficient (Wildman–Crippen LogP) is 3.27.